The van der Waals surface area contributed by atoms with E-state index in [9.17, 15) is 9.90 Å². The minimum atomic E-state index is -0.381. The van der Waals surface area contributed by atoms with Gasteiger partial charge in [0.2, 0.25) is 0 Å². The molecular formula is C13H11BrClN3O3. The first-order valence-corrected chi connectivity index (χ1v) is 6.92. The summed E-state index contributed by atoms with van der Waals surface area (Å²) in [6, 6.07) is 4.67. The van der Waals surface area contributed by atoms with E-state index in [1.54, 1.807) is 18.3 Å². The number of phenols is 1. The van der Waals surface area contributed by atoms with E-state index in [2.05, 4.69) is 31.4 Å². The van der Waals surface area contributed by atoms with Gasteiger partial charge in [-0.05, 0) is 39.7 Å². The molecule has 0 aliphatic carbocycles. The number of hydrogen-bond acceptors (Lipinski definition) is 4. The van der Waals surface area contributed by atoms with Crippen LogP contribution in [0.3, 0.4) is 0 Å². The van der Waals surface area contributed by atoms with E-state index in [-0.39, 0.29) is 22.4 Å². The highest BCUT2D eigenvalue weighted by Crippen LogP contribution is 2.34. The Labute approximate surface area is 133 Å². The van der Waals surface area contributed by atoms with Crippen molar-refractivity contribution in [3.63, 3.8) is 0 Å². The molecule has 3 N–H and O–H groups in total. The Morgan fingerprint density at radius 3 is 2.90 bits per heavy atom. The summed E-state index contributed by atoms with van der Waals surface area (Å²) in [5.41, 5.74) is 3.31. The van der Waals surface area contributed by atoms with Crippen molar-refractivity contribution in [1.82, 2.24) is 10.4 Å². The summed E-state index contributed by atoms with van der Waals surface area (Å²) in [7, 11) is 1.41. The Morgan fingerprint density at radius 2 is 2.29 bits per heavy atom. The highest BCUT2D eigenvalue weighted by atomic mass is 79.9. The second kappa shape index (κ2) is 6.64. The van der Waals surface area contributed by atoms with Crippen LogP contribution in [0.25, 0.3) is 0 Å². The van der Waals surface area contributed by atoms with Crippen molar-refractivity contribution in [2.24, 2.45) is 5.10 Å². The maximum atomic E-state index is 11.7. The third kappa shape index (κ3) is 3.77. The first-order valence-electron chi connectivity index (χ1n) is 5.75. The van der Waals surface area contributed by atoms with Crippen LogP contribution in [-0.2, 0) is 0 Å². The Kier molecular flexibility index (Phi) is 4.87. The molecule has 1 aromatic carbocycles. The summed E-state index contributed by atoms with van der Waals surface area (Å²) in [4.78, 5) is 14.5. The number of aromatic hydroxyl groups is 1. The Bertz CT molecular complexity index is 700. The number of halogens is 2. The van der Waals surface area contributed by atoms with Crippen LogP contribution in [0.2, 0.25) is 5.02 Å². The lowest BCUT2D eigenvalue weighted by molar-refractivity contribution is 0.0951. The fourth-order valence-corrected chi connectivity index (χ4v) is 2.11. The molecule has 0 saturated carbocycles. The van der Waals surface area contributed by atoms with Crippen LogP contribution in [0.1, 0.15) is 16.1 Å². The molecule has 21 heavy (non-hydrogen) atoms. The number of aromatic amines is 1. The Morgan fingerprint density at radius 1 is 1.52 bits per heavy atom. The van der Waals surface area contributed by atoms with E-state index < -0.39 is 0 Å². The molecule has 0 unspecified atom stereocenters. The molecule has 2 aromatic rings. The smallest absolute Gasteiger partial charge is 0.287 e. The van der Waals surface area contributed by atoms with E-state index in [1.807, 2.05) is 0 Å². The van der Waals surface area contributed by atoms with Gasteiger partial charge in [-0.25, -0.2) is 5.43 Å². The summed E-state index contributed by atoms with van der Waals surface area (Å²) in [5.74, 6) is -0.297. The highest BCUT2D eigenvalue weighted by Gasteiger charge is 2.08. The number of hydrogen-bond donors (Lipinski definition) is 3. The van der Waals surface area contributed by atoms with Gasteiger partial charge in [0, 0.05) is 10.7 Å². The quantitative estimate of drug-likeness (QED) is 0.570. The summed E-state index contributed by atoms with van der Waals surface area (Å²) in [6.07, 6.45) is 3.03. The molecule has 1 heterocycles. The highest BCUT2D eigenvalue weighted by molar-refractivity contribution is 9.10. The zero-order valence-corrected chi connectivity index (χ0v) is 13.2. The summed E-state index contributed by atoms with van der Waals surface area (Å²) >= 11 is 9.08. The molecule has 0 fully saturated rings. The molecule has 0 bridgehead atoms. The van der Waals surface area contributed by atoms with Gasteiger partial charge >= 0.3 is 0 Å². The van der Waals surface area contributed by atoms with Gasteiger partial charge in [-0.3, -0.25) is 4.79 Å². The Balaban J connectivity index is 2.08. The van der Waals surface area contributed by atoms with Crippen LogP contribution in [0.5, 0.6) is 11.5 Å². The Hall–Kier alpha value is -1.99. The van der Waals surface area contributed by atoms with Crippen molar-refractivity contribution in [1.29, 1.82) is 0 Å². The number of benzene rings is 1. The number of aromatic nitrogens is 1. The topological polar surface area (TPSA) is 86.7 Å². The van der Waals surface area contributed by atoms with Gasteiger partial charge < -0.3 is 14.8 Å². The zero-order valence-electron chi connectivity index (χ0n) is 10.9. The van der Waals surface area contributed by atoms with Crippen LogP contribution in [-0.4, -0.2) is 29.3 Å². The average molecular weight is 373 g/mol. The molecule has 2 rings (SSSR count). The van der Waals surface area contributed by atoms with Crippen molar-refractivity contribution >= 4 is 39.7 Å². The predicted octanol–water partition coefficient (Wildman–Crippen LogP) is 2.91. The predicted molar refractivity (Wildman–Crippen MR) is 83.2 cm³/mol. The summed E-state index contributed by atoms with van der Waals surface area (Å²) in [6.45, 7) is 0. The maximum Gasteiger partial charge on any atom is 0.287 e. The number of nitrogens with zero attached hydrogens (tertiary/aromatic N) is 1. The third-order valence-electron chi connectivity index (χ3n) is 2.54. The molecule has 1 amide bonds. The fraction of sp³-hybridized carbons (Fsp3) is 0.0769. The van der Waals surface area contributed by atoms with E-state index in [0.717, 1.165) is 4.47 Å². The molecule has 0 saturated heterocycles. The normalized spacial score (nSPS) is 10.8. The van der Waals surface area contributed by atoms with Gasteiger partial charge in [0.1, 0.15) is 5.69 Å². The lowest BCUT2D eigenvalue weighted by Crippen LogP contribution is -2.17. The SMILES string of the molecule is COc1cc(/C=N/NC(=O)c2cc(Br)c[nH]2)cc(Cl)c1O. The minimum Gasteiger partial charge on any atom is -0.503 e. The van der Waals surface area contributed by atoms with Gasteiger partial charge in [0.05, 0.1) is 18.3 Å². The van der Waals surface area contributed by atoms with E-state index >= 15 is 0 Å². The summed E-state index contributed by atoms with van der Waals surface area (Å²) < 4.78 is 5.74. The second-order valence-corrected chi connectivity index (χ2v) is 5.31. The van der Waals surface area contributed by atoms with Crippen LogP contribution in [0.15, 0.2) is 34.0 Å². The van der Waals surface area contributed by atoms with E-state index in [0.29, 0.717) is 11.3 Å². The molecule has 0 aliphatic heterocycles. The van der Waals surface area contributed by atoms with E-state index in [4.69, 9.17) is 16.3 Å². The number of H-pyrrole nitrogens is 1. The van der Waals surface area contributed by atoms with Crippen LogP contribution in [0.4, 0.5) is 0 Å². The number of carbonyl (C=O) groups is 1. The number of amides is 1. The van der Waals surface area contributed by atoms with Crippen LogP contribution >= 0.6 is 27.5 Å². The summed E-state index contributed by atoms with van der Waals surface area (Å²) in [5, 5.41) is 13.6. The molecule has 8 heteroatoms. The van der Waals surface area contributed by atoms with Gasteiger partial charge in [0.15, 0.2) is 11.5 Å². The monoisotopic (exact) mass is 371 g/mol. The number of hydrazone groups is 1. The second-order valence-electron chi connectivity index (χ2n) is 3.98. The van der Waals surface area contributed by atoms with Gasteiger partial charge in [0.25, 0.3) is 5.91 Å². The lowest BCUT2D eigenvalue weighted by atomic mass is 10.2. The maximum absolute atomic E-state index is 11.7. The molecule has 6 nitrogen and oxygen atoms in total. The first kappa shape index (κ1) is 15.4. The molecule has 1 aromatic heterocycles. The average Bonchev–Trinajstić information content (AvgIpc) is 2.89. The molecule has 0 spiro atoms. The molecular weight excluding hydrogens is 362 g/mol. The number of nitrogens with one attached hydrogen (secondary N) is 2. The van der Waals surface area contributed by atoms with Gasteiger partial charge in [-0.15, -0.1) is 0 Å². The van der Waals surface area contributed by atoms with Gasteiger partial charge in [-0.1, -0.05) is 11.6 Å². The number of phenolic OH excluding ortho intramolecular Hbond substituents is 1. The molecule has 0 atom stereocenters. The number of rotatable bonds is 4. The zero-order chi connectivity index (χ0) is 15.4. The standard InChI is InChI=1S/C13H11BrClN3O3/c1-21-11-3-7(2-9(15)12(11)19)5-17-18-13(20)10-4-8(14)6-16-10/h2-6,16,19H,1H3,(H,18,20)/b17-5+. The minimum absolute atomic E-state index is 0.135. The van der Waals surface area contributed by atoms with Crippen LogP contribution < -0.4 is 10.2 Å². The van der Waals surface area contributed by atoms with Crippen molar-refractivity contribution in [2.45, 2.75) is 0 Å². The van der Waals surface area contributed by atoms with Gasteiger partial charge in [-0.2, -0.15) is 5.10 Å². The van der Waals surface area contributed by atoms with Crippen molar-refractivity contribution < 1.29 is 14.6 Å². The molecule has 0 aliphatic rings. The van der Waals surface area contributed by atoms with Crippen molar-refractivity contribution in [3.8, 4) is 11.5 Å². The molecule has 110 valence electrons. The first-order chi connectivity index (χ1) is 10.0. The van der Waals surface area contributed by atoms with Crippen molar-refractivity contribution in [2.75, 3.05) is 7.11 Å². The number of carbonyl (C=O) groups excluding carboxylic acids is 1. The molecule has 0 radical (unpaired) electrons. The number of methoxy groups -OCH3 is 1. The van der Waals surface area contributed by atoms with E-state index in [1.165, 1.54) is 19.4 Å². The van der Waals surface area contributed by atoms with Crippen molar-refractivity contribution in [3.05, 3.63) is 45.1 Å². The number of ether oxygens (including phenoxy) is 1. The third-order valence-corrected chi connectivity index (χ3v) is 3.29. The largest absolute Gasteiger partial charge is 0.503 e. The fourth-order valence-electron chi connectivity index (χ4n) is 1.55. The lowest BCUT2D eigenvalue weighted by Gasteiger charge is -2.05. The van der Waals surface area contributed by atoms with Crippen LogP contribution in [0, 0.1) is 0 Å².